The van der Waals surface area contributed by atoms with Crippen LogP contribution in [0.2, 0.25) is 10.0 Å². The third-order valence-corrected chi connectivity index (χ3v) is 6.51. The average molecular weight is 465 g/mol. The van der Waals surface area contributed by atoms with Crippen LogP contribution in [0.1, 0.15) is 5.56 Å². The number of rotatable bonds is 9. The highest BCUT2D eigenvalue weighted by Gasteiger charge is 2.23. The van der Waals surface area contributed by atoms with Crippen molar-refractivity contribution in [1.82, 2.24) is 5.32 Å². The smallest absolute Gasteiger partial charge is 0.240 e. The van der Waals surface area contributed by atoms with E-state index in [1.165, 1.54) is 30.0 Å². The molecule has 0 fully saturated rings. The number of anilines is 1. The summed E-state index contributed by atoms with van der Waals surface area (Å²) in [5, 5.41) is 3.80. The van der Waals surface area contributed by atoms with Crippen molar-refractivity contribution in [2.24, 2.45) is 0 Å². The molecule has 0 aliphatic heterocycles. The monoisotopic (exact) mass is 464 g/mol. The average Bonchev–Trinajstić information content (AvgIpc) is 2.61. The van der Waals surface area contributed by atoms with Crippen LogP contribution in [0.25, 0.3) is 0 Å². The van der Waals surface area contributed by atoms with E-state index in [0.717, 1.165) is 22.2 Å². The second-order valence-corrected chi connectivity index (χ2v) is 9.65. The summed E-state index contributed by atoms with van der Waals surface area (Å²) in [7, 11) is -3.82. The van der Waals surface area contributed by atoms with Crippen LogP contribution in [0.4, 0.5) is 10.1 Å². The zero-order valence-corrected chi connectivity index (χ0v) is 18.1. The summed E-state index contributed by atoms with van der Waals surface area (Å²) < 4.78 is 38.6. The molecule has 0 spiro atoms. The van der Waals surface area contributed by atoms with Gasteiger partial charge in [0.05, 0.1) is 11.9 Å². The molecule has 0 heterocycles. The van der Waals surface area contributed by atoms with Gasteiger partial charge in [-0.3, -0.25) is 9.10 Å². The van der Waals surface area contributed by atoms with E-state index < -0.39 is 28.3 Å². The summed E-state index contributed by atoms with van der Waals surface area (Å²) >= 11 is 13.7. The molecule has 0 radical (unpaired) electrons. The lowest BCUT2D eigenvalue weighted by atomic mass is 10.2. The lowest BCUT2D eigenvalue weighted by Crippen LogP contribution is -2.41. The molecule has 2 rings (SSSR count). The van der Waals surface area contributed by atoms with Gasteiger partial charge in [-0.15, -0.1) is 0 Å². The standard InChI is InChI=1S/C18H19Cl2FN2O3S2/c1-28(25,26)23(17-8-3-2-7-16(17)21)11-18(24)22-9-10-27-12-13-14(19)5-4-6-15(13)20/h2-8H,9-12H2,1H3,(H,22,24). The molecule has 2 aromatic rings. The Kier molecular flexibility index (Phi) is 8.42. The van der Waals surface area contributed by atoms with E-state index in [2.05, 4.69) is 5.32 Å². The maximum absolute atomic E-state index is 13.9. The number of halogens is 3. The fourth-order valence-corrected chi connectivity index (χ4v) is 4.78. The summed E-state index contributed by atoms with van der Waals surface area (Å²) in [5.74, 6) is -0.0803. The Morgan fingerprint density at radius 2 is 1.79 bits per heavy atom. The van der Waals surface area contributed by atoms with Crippen LogP contribution < -0.4 is 9.62 Å². The number of para-hydroxylation sites is 1. The van der Waals surface area contributed by atoms with Crippen LogP contribution in [0.15, 0.2) is 42.5 Å². The van der Waals surface area contributed by atoms with Gasteiger partial charge in [-0.2, -0.15) is 11.8 Å². The molecule has 0 aliphatic rings. The molecular formula is C18H19Cl2FN2O3S2. The molecule has 0 unspecified atom stereocenters. The fraction of sp³-hybridized carbons (Fsp3) is 0.278. The third-order valence-electron chi connectivity index (χ3n) is 3.69. The Bertz CT molecular complexity index is 922. The van der Waals surface area contributed by atoms with E-state index in [9.17, 15) is 17.6 Å². The zero-order valence-electron chi connectivity index (χ0n) is 15.0. The highest BCUT2D eigenvalue weighted by molar-refractivity contribution is 7.98. The molecular weight excluding hydrogens is 446 g/mol. The van der Waals surface area contributed by atoms with Gasteiger partial charge in [0.1, 0.15) is 12.4 Å². The minimum absolute atomic E-state index is 0.164. The first-order valence-electron chi connectivity index (χ1n) is 8.19. The first-order chi connectivity index (χ1) is 13.2. The molecule has 0 aliphatic carbocycles. The lowest BCUT2D eigenvalue weighted by Gasteiger charge is -2.22. The van der Waals surface area contributed by atoms with E-state index in [-0.39, 0.29) is 5.69 Å². The molecule has 28 heavy (non-hydrogen) atoms. The van der Waals surface area contributed by atoms with Gasteiger partial charge in [0.2, 0.25) is 15.9 Å². The number of thioether (sulfide) groups is 1. The molecule has 10 heteroatoms. The molecule has 2 aromatic carbocycles. The van der Waals surface area contributed by atoms with Crippen LogP contribution in [0.3, 0.4) is 0 Å². The van der Waals surface area contributed by atoms with E-state index in [1.807, 2.05) is 0 Å². The number of nitrogens with zero attached hydrogens (tertiary/aromatic N) is 1. The number of benzene rings is 2. The summed E-state index contributed by atoms with van der Waals surface area (Å²) in [4.78, 5) is 12.1. The van der Waals surface area contributed by atoms with Crippen molar-refractivity contribution in [2.75, 3.05) is 29.4 Å². The minimum Gasteiger partial charge on any atom is -0.354 e. The largest absolute Gasteiger partial charge is 0.354 e. The van der Waals surface area contributed by atoms with Gasteiger partial charge in [-0.25, -0.2) is 12.8 Å². The van der Waals surface area contributed by atoms with Crippen molar-refractivity contribution in [3.05, 3.63) is 63.9 Å². The summed E-state index contributed by atoms with van der Waals surface area (Å²) in [5.41, 5.74) is 0.660. The molecule has 0 atom stereocenters. The Labute approximate surface area is 178 Å². The highest BCUT2D eigenvalue weighted by Crippen LogP contribution is 2.28. The van der Waals surface area contributed by atoms with Gasteiger partial charge < -0.3 is 5.32 Å². The number of sulfonamides is 1. The van der Waals surface area contributed by atoms with Crippen molar-refractivity contribution in [1.29, 1.82) is 0 Å². The Hall–Kier alpha value is -1.48. The number of carbonyl (C=O) groups is 1. The summed E-state index contributed by atoms with van der Waals surface area (Å²) in [6, 6.07) is 10.7. The Morgan fingerprint density at radius 1 is 1.14 bits per heavy atom. The molecule has 0 saturated carbocycles. The van der Waals surface area contributed by atoms with Gasteiger partial charge in [0.25, 0.3) is 0 Å². The van der Waals surface area contributed by atoms with Crippen molar-refractivity contribution >= 4 is 56.6 Å². The molecule has 1 N–H and O–H groups in total. The SMILES string of the molecule is CS(=O)(=O)N(CC(=O)NCCSCc1c(Cl)cccc1Cl)c1ccccc1F. The van der Waals surface area contributed by atoms with Gasteiger partial charge in [0, 0.05) is 28.1 Å². The molecule has 0 saturated heterocycles. The van der Waals surface area contributed by atoms with Crippen LogP contribution in [0, 0.1) is 5.82 Å². The van der Waals surface area contributed by atoms with Crippen LogP contribution >= 0.6 is 35.0 Å². The number of nitrogens with one attached hydrogen (secondary N) is 1. The van der Waals surface area contributed by atoms with Crippen LogP contribution in [-0.2, 0) is 20.6 Å². The maximum atomic E-state index is 13.9. The van der Waals surface area contributed by atoms with Gasteiger partial charge in [0.15, 0.2) is 0 Å². The topological polar surface area (TPSA) is 66.5 Å². The van der Waals surface area contributed by atoms with Crippen molar-refractivity contribution in [3.8, 4) is 0 Å². The van der Waals surface area contributed by atoms with Crippen LogP contribution in [0.5, 0.6) is 0 Å². The summed E-state index contributed by atoms with van der Waals surface area (Å²) in [6.45, 7) is -0.179. The van der Waals surface area contributed by atoms with Gasteiger partial charge in [-0.1, -0.05) is 41.4 Å². The summed E-state index contributed by atoms with van der Waals surface area (Å²) in [6.07, 6.45) is 0.927. The van der Waals surface area contributed by atoms with E-state index in [0.29, 0.717) is 28.1 Å². The van der Waals surface area contributed by atoms with Crippen LogP contribution in [-0.4, -0.2) is 39.4 Å². The normalized spacial score (nSPS) is 11.3. The van der Waals surface area contributed by atoms with E-state index in [1.54, 1.807) is 18.2 Å². The number of carbonyl (C=O) groups excluding carboxylic acids is 1. The molecule has 5 nitrogen and oxygen atoms in total. The van der Waals surface area contributed by atoms with Gasteiger partial charge in [-0.05, 0) is 29.8 Å². The van der Waals surface area contributed by atoms with Gasteiger partial charge >= 0.3 is 0 Å². The van der Waals surface area contributed by atoms with Crippen molar-refractivity contribution in [2.45, 2.75) is 5.75 Å². The Morgan fingerprint density at radius 3 is 2.39 bits per heavy atom. The minimum atomic E-state index is -3.82. The fourth-order valence-electron chi connectivity index (χ4n) is 2.33. The van der Waals surface area contributed by atoms with Crippen molar-refractivity contribution < 1.29 is 17.6 Å². The molecule has 0 aromatic heterocycles. The molecule has 0 bridgehead atoms. The number of hydrogen-bond acceptors (Lipinski definition) is 4. The predicted molar refractivity (Wildman–Crippen MR) is 114 cm³/mol. The number of amides is 1. The molecule has 152 valence electrons. The second-order valence-electron chi connectivity index (χ2n) is 5.82. The predicted octanol–water partition coefficient (Wildman–Crippen LogP) is 3.95. The third kappa shape index (κ3) is 6.55. The highest BCUT2D eigenvalue weighted by atomic mass is 35.5. The van der Waals surface area contributed by atoms with E-state index in [4.69, 9.17) is 23.2 Å². The maximum Gasteiger partial charge on any atom is 0.240 e. The quantitative estimate of drug-likeness (QED) is 0.570. The lowest BCUT2D eigenvalue weighted by molar-refractivity contribution is -0.119. The number of hydrogen-bond donors (Lipinski definition) is 1. The van der Waals surface area contributed by atoms with Crippen molar-refractivity contribution in [3.63, 3.8) is 0 Å². The first kappa shape index (κ1) is 22.8. The molecule has 1 amide bonds. The zero-order chi connectivity index (χ0) is 20.7. The first-order valence-corrected chi connectivity index (χ1v) is 12.0. The van der Waals surface area contributed by atoms with E-state index >= 15 is 0 Å². The Balaban J connectivity index is 1.86. The second kappa shape index (κ2) is 10.3.